The van der Waals surface area contributed by atoms with E-state index >= 15 is 0 Å². The fourth-order valence-corrected chi connectivity index (χ4v) is 2.18. The van der Waals surface area contributed by atoms with Gasteiger partial charge >= 0.3 is 0 Å². The minimum atomic E-state index is -0.411. The van der Waals surface area contributed by atoms with Crippen LogP contribution in [0.15, 0.2) is 18.2 Å². The third kappa shape index (κ3) is 2.01. The summed E-state index contributed by atoms with van der Waals surface area (Å²) in [7, 11) is 0. The van der Waals surface area contributed by atoms with Crippen molar-refractivity contribution in [3.05, 3.63) is 29.6 Å². The molecule has 0 spiro atoms. The van der Waals surface area contributed by atoms with Crippen LogP contribution in [0.4, 0.5) is 10.1 Å². The highest BCUT2D eigenvalue weighted by Crippen LogP contribution is 2.26. The number of rotatable bonds is 2. The smallest absolute Gasteiger partial charge is 0.135 e. The normalized spacial score (nSPS) is 20.1. The number of β-amino-alcohol motifs (C(OH)–C–C–N with tert-alkyl or cyclic N) is 1. The number of nitrogens with two attached hydrogens (primary N) is 1. The molecule has 1 aromatic rings. The first-order valence-corrected chi connectivity index (χ1v) is 5.51. The molecule has 1 fully saturated rings. The van der Waals surface area contributed by atoms with Gasteiger partial charge in [-0.2, -0.15) is 0 Å². The molecule has 86 valence electrons. The lowest BCUT2D eigenvalue weighted by Crippen LogP contribution is -2.25. The maximum atomic E-state index is 13.6. The lowest BCUT2D eigenvalue weighted by atomic mass is 10.1. The standard InChI is InChI=1S/C11H13FN2OS/c12-8-2-1-3-9(10(8)11(13)16)14-5-4-7(15)6-14/h1-3,7,15H,4-6H2,(H2,13,16). The van der Waals surface area contributed by atoms with Crippen LogP contribution in [0.2, 0.25) is 0 Å². The van der Waals surface area contributed by atoms with E-state index in [2.05, 4.69) is 0 Å². The fourth-order valence-electron chi connectivity index (χ4n) is 1.98. The Labute approximate surface area is 98.7 Å². The van der Waals surface area contributed by atoms with Gasteiger partial charge in [-0.3, -0.25) is 0 Å². The monoisotopic (exact) mass is 240 g/mol. The summed E-state index contributed by atoms with van der Waals surface area (Å²) in [6, 6.07) is 4.73. The summed E-state index contributed by atoms with van der Waals surface area (Å²) >= 11 is 4.85. The van der Waals surface area contributed by atoms with Gasteiger partial charge < -0.3 is 15.7 Å². The number of hydrogen-bond acceptors (Lipinski definition) is 3. The Morgan fingerprint density at radius 2 is 2.31 bits per heavy atom. The second-order valence-corrected chi connectivity index (χ2v) is 4.33. The molecule has 1 aliphatic rings. The third-order valence-electron chi connectivity index (χ3n) is 2.74. The van der Waals surface area contributed by atoms with Crippen LogP contribution in [-0.2, 0) is 0 Å². The Morgan fingerprint density at radius 1 is 1.56 bits per heavy atom. The molecular formula is C11H13FN2OS. The van der Waals surface area contributed by atoms with Gasteiger partial charge in [-0.15, -0.1) is 0 Å². The van der Waals surface area contributed by atoms with E-state index in [4.69, 9.17) is 18.0 Å². The van der Waals surface area contributed by atoms with E-state index in [0.717, 1.165) is 0 Å². The fraction of sp³-hybridized carbons (Fsp3) is 0.364. The van der Waals surface area contributed by atoms with Crippen molar-refractivity contribution in [2.24, 2.45) is 5.73 Å². The molecule has 0 aliphatic carbocycles. The van der Waals surface area contributed by atoms with Crippen molar-refractivity contribution in [2.75, 3.05) is 18.0 Å². The molecule has 0 aromatic heterocycles. The van der Waals surface area contributed by atoms with Gasteiger partial charge in [-0.1, -0.05) is 18.3 Å². The summed E-state index contributed by atoms with van der Waals surface area (Å²) in [5.41, 5.74) is 6.46. The molecular weight excluding hydrogens is 227 g/mol. The molecule has 1 aliphatic heterocycles. The van der Waals surface area contributed by atoms with Crippen LogP contribution in [0, 0.1) is 5.82 Å². The van der Waals surface area contributed by atoms with Crippen molar-refractivity contribution in [1.29, 1.82) is 0 Å². The molecule has 3 nitrogen and oxygen atoms in total. The first kappa shape index (κ1) is 11.3. The topological polar surface area (TPSA) is 49.5 Å². The second-order valence-electron chi connectivity index (χ2n) is 3.89. The molecule has 0 radical (unpaired) electrons. The maximum Gasteiger partial charge on any atom is 0.135 e. The molecule has 5 heteroatoms. The van der Waals surface area contributed by atoms with Crippen molar-refractivity contribution in [1.82, 2.24) is 0 Å². The number of hydrogen-bond donors (Lipinski definition) is 2. The predicted molar refractivity (Wildman–Crippen MR) is 65.1 cm³/mol. The van der Waals surface area contributed by atoms with E-state index in [0.29, 0.717) is 25.2 Å². The maximum absolute atomic E-state index is 13.6. The Hall–Kier alpha value is -1.20. The van der Waals surface area contributed by atoms with Crippen molar-refractivity contribution in [3.8, 4) is 0 Å². The molecule has 0 bridgehead atoms. The molecule has 2 rings (SSSR count). The first-order chi connectivity index (χ1) is 7.59. The molecule has 16 heavy (non-hydrogen) atoms. The van der Waals surface area contributed by atoms with Crippen LogP contribution < -0.4 is 10.6 Å². The van der Waals surface area contributed by atoms with E-state index in [1.807, 2.05) is 4.90 Å². The van der Waals surface area contributed by atoms with E-state index < -0.39 is 5.82 Å². The quantitative estimate of drug-likeness (QED) is 0.758. The van der Waals surface area contributed by atoms with Gasteiger partial charge in [0.25, 0.3) is 0 Å². The molecule has 0 amide bonds. The Balaban J connectivity index is 2.40. The summed E-state index contributed by atoms with van der Waals surface area (Å²) in [5, 5.41) is 9.46. The number of aliphatic hydroxyl groups excluding tert-OH is 1. The SMILES string of the molecule is NC(=S)c1c(F)cccc1N1CCC(O)C1. The molecule has 0 saturated carbocycles. The Morgan fingerprint density at radius 3 is 2.88 bits per heavy atom. The zero-order valence-corrected chi connectivity index (χ0v) is 9.51. The van der Waals surface area contributed by atoms with Crippen LogP contribution in [0.3, 0.4) is 0 Å². The van der Waals surface area contributed by atoms with Crippen LogP contribution >= 0.6 is 12.2 Å². The number of aliphatic hydroxyl groups is 1. The summed E-state index contributed by atoms with van der Waals surface area (Å²) in [5.74, 6) is -0.411. The van der Waals surface area contributed by atoms with Crippen LogP contribution in [-0.4, -0.2) is 29.3 Å². The van der Waals surface area contributed by atoms with Gasteiger partial charge in [-0.25, -0.2) is 4.39 Å². The van der Waals surface area contributed by atoms with E-state index in [1.54, 1.807) is 12.1 Å². The lowest BCUT2D eigenvalue weighted by molar-refractivity contribution is 0.198. The highest BCUT2D eigenvalue weighted by atomic mass is 32.1. The summed E-state index contributed by atoms with van der Waals surface area (Å²) in [6.07, 6.45) is 0.329. The van der Waals surface area contributed by atoms with Crippen molar-refractivity contribution in [3.63, 3.8) is 0 Å². The number of nitrogens with zero attached hydrogens (tertiary/aromatic N) is 1. The molecule has 1 aromatic carbocycles. The van der Waals surface area contributed by atoms with E-state index in [1.165, 1.54) is 6.07 Å². The van der Waals surface area contributed by atoms with Crippen molar-refractivity contribution in [2.45, 2.75) is 12.5 Å². The zero-order valence-electron chi connectivity index (χ0n) is 8.69. The van der Waals surface area contributed by atoms with Crippen LogP contribution in [0.1, 0.15) is 12.0 Å². The van der Waals surface area contributed by atoms with Gasteiger partial charge in [0.1, 0.15) is 10.8 Å². The minimum absolute atomic E-state index is 0.0505. The van der Waals surface area contributed by atoms with E-state index in [9.17, 15) is 9.50 Å². The van der Waals surface area contributed by atoms with Gasteiger partial charge in [0.2, 0.25) is 0 Å². The number of halogens is 1. The largest absolute Gasteiger partial charge is 0.391 e. The number of benzene rings is 1. The number of thiocarbonyl (C=S) groups is 1. The van der Waals surface area contributed by atoms with Gasteiger partial charge in [-0.05, 0) is 18.6 Å². The minimum Gasteiger partial charge on any atom is -0.391 e. The summed E-state index contributed by atoms with van der Waals surface area (Å²) in [4.78, 5) is 1.96. The van der Waals surface area contributed by atoms with Crippen LogP contribution in [0.25, 0.3) is 0 Å². The molecule has 1 heterocycles. The van der Waals surface area contributed by atoms with Gasteiger partial charge in [0, 0.05) is 18.8 Å². The van der Waals surface area contributed by atoms with Crippen LogP contribution in [0.5, 0.6) is 0 Å². The highest BCUT2D eigenvalue weighted by Gasteiger charge is 2.24. The first-order valence-electron chi connectivity index (χ1n) is 5.11. The summed E-state index contributed by atoms with van der Waals surface area (Å²) in [6.45, 7) is 1.19. The highest BCUT2D eigenvalue weighted by molar-refractivity contribution is 7.80. The average molecular weight is 240 g/mol. The Bertz CT molecular complexity index is 424. The average Bonchev–Trinajstić information content (AvgIpc) is 2.63. The van der Waals surface area contributed by atoms with E-state index in [-0.39, 0.29) is 16.7 Å². The van der Waals surface area contributed by atoms with Crippen molar-refractivity contribution < 1.29 is 9.50 Å². The Kier molecular flexibility index (Phi) is 3.07. The number of anilines is 1. The molecule has 3 N–H and O–H groups in total. The van der Waals surface area contributed by atoms with Gasteiger partial charge in [0.15, 0.2) is 0 Å². The second kappa shape index (κ2) is 4.35. The molecule has 1 atom stereocenters. The lowest BCUT2D eigenvalue weighted by Gasteiger charge is -2.21. The van der Waals surface area contributed by atoms with Crippen molar-refractivity contribution >= 4 is 22.9 Å². The predicted octanol–water partition coefficient (Wildman–Crippen LogP) is 1.03. The summed E-state index contributed by atoms with van der Waals surface area (Å²) < 4.78 is 13.6. The molecule has 1 unspecified atom stereocenters. The molecule has 1 saturated heterocycles. The zero-order chi connectivity index (χ0) is 11.7. The third-order valence-corrected chi connectivity index (χ3v) is 2.95. The van der Waals surface area contributed by atoms with Gasteiger partial charge in [0.05, 0.1) is 11.7 Å².